The molecule has 0 bridgehead atoms. The van der Waals surface area contributed by atoms with E-state index in [2.05, 4.69) is 0 Å². The molecule has 0 spiro atoms. The van der Waals surface area contributed by atoms with Crippen LogP contribution in [0, 0.1) is 6.92 Å². The van der Waals surface area contributed by atoms with Crippen LogP contribution in [-0.2, 0) is 9.84 Å². The maximum atomic E-state index is 13.3. The molecule has 0 aliphatic rings. The van der Waals surface area contributed by atoms with Crippen molar-refractivity contribution in [3.8, 4) is 22.6 Å². The van der Waals surface area contributed by atoms with Gasteiger partial charge in [0.15, 0.2) is 0 Å². The highest BCUT2D eigenvalue weighted by Crippen LogP contribution is 2.38. The molecule has 4 rings (SSSR count). The van der Waals surface area contributed by atoms with Gasteiger partial charge < -0.3 is 4.74 Å². The summed E-state index contributed by atoms with van der Waals surface area (Å²) in [6.07, 6.45) is 0. The van der Waals surface area contributed by atoms with Crippen molar-refractivity contribution >= 4 is 21.4 Å². The first-order chi connectivity index (χ1) is 14.4. The number of sulfone groups is 1. The molecule has 0 radical (unpaired) electrons. The molecule has 0 amide bonds. The van der Waals surface area contributed by atoms with Crippen LogP contribution in [0.25, 0.3) is 11.1 Å². The lowest BCUT2D eigenvalue weighted by atomic mass is 10.1. The minimum absolute atomic E-state index is 0.200. The molecule has 0 N–H and O–H groups in total. The van der Waals surface area contributed by atoms with Crippen LogP contribution < -0.4 is 4.74 Å². The van der Waals surface area contributed by atoms with Crippen LogP contribution in [0.5, 0.6) is 11.5 Å². The van der Waals surface area contributed by atoms with Gasteiger partial charge in [0.2, 0.25) is 9.84 Å². The van der Waals surface area contributed by atoms with Crippen molar-refractivity contribution < 1.29 is 13.2 Å². The summed E-state index contributed by atoms with van der Waals surface area (Å²) in [4.78, 5) is 0.437. The predicted molar refractivity (Wildman–Crippen MR) is 120 cm³/mol. The zero-order valence-electron chi connectivity index (χ0n) is 16.2. The van der Waals surface area contributed by atoms with Gasteiger partial charge >= 0.3 is 0 Å². The molecule has 0 atom stereocenters. The topological polar surface area (TPSA) is 43.4 Å². The molecule has 0 heterocycles. The fraction of sp³-hybridized carbons (Fsp3) is 0.0400. The summed E-state index contributed by atoms with van der Waals surface area (Å²) in [7, 11) is -3.71. The van der Waals surface area contributed by atoms with E-state index in [0.29, 0.717) is 27.6 Å². The predicted octanol–water partition coefficient (Wildman–Crippen LogP) is 6.94. The zero-order chi connectivity index (χ0) is 21.1. The molecule has 3 nitrogen and oxygen atoms in total. The van der Waals surface area contributed by atoms with Gasteiger partial charge in [-0.15, -0.1) is 0 Å². The molecule has 4 aromatic carbocycles. The summed E-state index contributed by atoms with van der Waals surface area (Å²) in [6.45, 7) is 1.99. The minimum Gasteiger partial charge on any atom is -0.457 e. The van der Waals surface area contributed by atoms with Gasteiger partial charge in [-0.25, -0.2) is 8.42 Å². The van der Waals surface area contributed by atoms with Crippen molar-refractivity contribution in [1.82, 2.24) is 0 Å². The first kappa shape index (κ1) is 20.2. The summed E-state index contributed by atoms with van der Waals surface area (Å²) in [5.41, 5.74) is 2.21. The molecule has 0 aliphatic carbocycles. The van der Waals surface area contributed by atoms with Gasteiger partial charge in [-0.3, -0.25) is 0 Å². The highest BCUT2D eigenvalue weighted by Gasteiger charge is 2.22. The Kier molecular flexibility index (Phi) is 5.62. The van der Waals surface area contributed by atoms with Gasteiger partial charge in [-0.1, -0.05) is 60.1 Å². The molecule has 0 saturated carbocycles. The van der Waals surface area contributed by atoms with E-state index in [0.717, 1.165) is 5.56 Å². The van der Waals surface area contributed by atoms with Crippen molar-refractivity contribution in [2.45, 2.75) is 16.7 Å². The van der Waals surface area contributed by atoms with Crippen LogP contribution in [0.3, 0.4) is 0 Å². The number of hydrogen-bond acceptors (Lipinski definition) is 3. The summed E-state index contributed by atoms with van der Waals surface area (Å²) >= 11 is 6.48. The number of hydrogen-bond donors (Lipinski definition) is 0. The average Bonchev–Trinajstić information content (AvgIpc) is 2.76. The Balaban J connectivity index is 1.80. The van der Waals surface area contributed by atoms with Crippen LogP contribution in [-0.4, -0.2) is 8.42 Å². The van der Waals surface area contributed by atoms with Gasteiger partial charge in [0.05, 0.1) is 9.79 Å². The Bertz CT molecular complexity index is 1300. The van der Waals surface area contributed by atoms with Crippen LogP contribution in [0.15, 0.2) is 107 Å². The van der Waals surface area contributed by atoms with Crippen LogP contribution >= 0.6 is 11.6 Å². The van der Waals surface area contributed by atoms with E-state index in [1.54, 1.807) is 72.8 Å². The second-order valence-electron chi connectivity index (χ2n) is 6.87. The molecule has 0 fully saturated rings. The van der Waals surface area contributed by atoms with Crippen LogP contribution in [0.2, 0.25) is 5.02 Å². The molecule has 4 aromatic rings. The van der Waals surface area contributed by atoms with E-state index in [9.17, 15) is 8.42 Å². The Labute approximate surface area is 181 Å². The molecular formula is C25H19ClO3S. The molecule has 0 aliphatic heterocycles. The number of benzene rings is 4. The monoisotopic (exact) mass is 434 g/mol. The summed E-state index contributed by atoms with van der Waals surface area (Å²) in [5, 5.41) is 0.447. The molecular weight excluding hydrogens is 416 g/mol. The third-order valence-electron chi connectivity index (χ3n) is 4.68. The van der Waals surface area contributed by atoms with Crippen molar-refractivity contribution in [2.75, 3.05) is 0 Å². The highest BCUT2D eigenvalue weighted by molar-refractivity contribution is 7.91. The lowest BCUT2D eigenvalue weighted by molar-refractivity contribution is 0.482. The number of aryl methyl sites for hydroxylation is 1. The maximum Gasteiger partial charge on any atom is 0.207 e. The third kappa shape index (κ3) is 4.11. The van der Waals surface area contributed by atoms with E-state index in [1.165, 1.54) is 0 Å². The Hall–Kier alpha value is -3.08. The molecule has 150 valence electrons. The van der Waals surface area contributed by atoms with Crippen LogP contribution in [0.4, 0.5) is 0 Å². The van der Waals surface area contributed by atoms with E-state index in [1.807, 2.05) is 31.2 Å². The lowest BCUT2D eigenvalue weighted by Crippen LogP contribution is -2.04. The Morgan fingerprint density at radius 3 is 2.17 bits per heavy atom. The van der Waals surface area contributed by atoms with Gasteiger partial charge in [0.1, 0.15) is 11.5 Å². The third-order valence-corrected chi connectivity index (χ3v) is 6.84. The van der Waals surface area contributed by atoms with E-state index in [-0.39, 0.29) is 9.79 Å². The van der Waals surface area contributed by atoms with Gasteiger partial charge in [0, 0.05) is 16.1 Å². The maximum absolute atomic E-state index is 13.3. The van der Waals surface area contributed by atoms with Gasteiger partial charge in [-0.2, -0.15) is 0 Å². The molecule has 0 aromatic heterocycles. The molecule has 0 saturated heterocycles. The van der Waals surface area contributed by atoms with E-state index in [4.69, 9.17) is 16.3 Å². The number of halogens is 1. The van der Waals surface area contributed by atoms with Gasteiger partial charge in [-0.05, 0) is 61.0 Å². The Morgan fingerprint density at radius 2 is 1.40 bits per heavy atom. The fourth-order valence-electron chi connectivity index (χ4n) is 3.24. The smallest absolute Gasteiger partial charge is 0.207 e. The van der Waals surface area contributed by atoms with Crippen molar-refractivity contribution in [2.24, 2.45) is 0 Å². The number of rotatable bonds is 5. The van der Waals surface area contributed by atoms with E-state index < -0.39 is 9.84 Å². The van der Waals surface area contributed by atoms with E-state index >= 15 is 0 Å². The Morgan fingerprint density at radius 1 is 0.700 bits per heavy atom. The quantitative estimate of drug-likeness (QED) is 0.341. The highest BCUT2D eigenvalue weighted by atomic mass is 35.5. The summed E-state index contributed by atoms with van der Waals surface area (Å²) in [6, 6.07) is 28.2. The average molecular weight is 435 g/mol. The standard InChI is InChI=1S/C25H19ClO3S/c1-18-8-7-9-19(16-18)29-20-14-15-24(26)23(17-20)22-12-5-6-13-25(22)30(27,28)21-10-3-2-4-11-21/h2-17H,1H3. The molecule has 30 heavy (non-hydrogen) atoms. The minimum atomic E-state index is -3.71. The second-order valence-corrected chi connectivity index (χ2v) is 9.20. The molecule has 5 heteroatoms. The van der Waals surface area contributed by atoms with Crippen molar-refractivity contribution in [1.29, 1.82) is 0 Å². The van der Waals surface area contributed by atoms with Crippen molar-refractivity contribution in [3.05, 3.63) is 108 Å². The first-order valence-corrected chi connectivity index (χ1v) is 11.2. The largest absolute Gasteiger partial charge is 0.457 e. The van der Waals surface area contributed by atoms with Crippen LogP contribution in [0.1, 0.15) is 5.56 Å². The zero-order valence-corrected chi connectivity index (χ0v) is 17.8. The normalized spacial score (nSPS) is 11.3. The fourth-order valence-corrected chi connectivity index (χ4v) is 4.95. The lowest BCUT2D eigenvalue weighted by Gasteiger charge is -2.14. The summed E-state index contributed by atoms with van der Waals surface area (Å²) in [5.74, 6) is 1.28. The number of ether oxygens (including phenoxy) is 1. The summed E-state index contributed by atoms with van der Waals surface area (Å²) < 4.78 is 32.5. The SMILES string of the molecule is Cc1cccc(Oc2ccc(Cl)c(-c3ccccc3S(=O)(=O)c3ccccc3)c2)c1. The molecule has 0 unspecified atom stereocenters. The van der Waals surface area contributed by atoms with Crippen molar-refractivity contribution in [3.63, 3.8) is 0 Å². The van der Waals surface area contributed by atoms with Gasteiger partial charge in [0.25, 0.3) is 0 Å². The first-order valence-electron chi connectivity index (χ1n) is 9.39. The second kappa shape index (κ2) is 8.34.